The van der Waals surface area contributed by atoms with E-state index in [0.717, 1.165) is 5.65 Å². The molecule has 1 aromatic carbocycles. The summed E-state index contributed by atoms with van der Waals surface area (Å²) in [6.07, 6.45) is 3.75. The first-order valence-corrected chi connectivity index (χ1v) is 7.04. The minimum atomic E-state index is -0.133. The van der Waals surface area contributed by atoms with Gasteiger partial charge in [0.15, 0.2) is 0 Å². The molecular weight excluding hydrogens is 309 g/mol. The number of rotatable bonds is 3. The fourth-order valence-electron chi connectivity index (χ4n) is 2.01. The van der Waals surface area contributed by atoms with Gasteiger partial charge in [-0.2, -0.15) is 0 Å². The van der Waals surface area contributed by atoms with Crippen molar-refractivity contribution < 1.29 is 4.79 Å². The van der Waals surface area contributed by atoms with Crippen LogP contribution in [0.3, 0.4) is 0 Å². The molecule has 2 aromatic heterocycles. The van der Waals surface area contributed by atoms with E-state index < -0.39 is 0 Å². The molecule has 0 fully saturated rings. The van der Waals surface area contributed by atoms with Crippen molar-refractivity contribution in [1.29, 1.82) is 0 Å². The fourth-order valence-corrected chi connectivity index (χ4v) is 2.30. The van der Waals surface area contributed by atoms with Crippen LogP contribution in [-0.2, 0) is 11.2 Å². The van der Waals surface area contributed by atoms with Crippen LogP contribution in [0, 0.1) is 0 Å². The van der Waals surface area contributed by atoms with Gasteiger partial charge in [-0.3, -0.25) is 4.79 Å². The third kappa shape index (κ3) is 3.35. The van der Waals surface area contributed by atoms with Crippen LogP contribution in [0.4, 0.5) is 5.69 Å². The Hall–Kier alpha value is -2.04. The standard InChI is InChI=1S/C15H11Cl2N3O/c16-10-1-4-12(5-2-10)19-15(21)7-13-9-20-8-11(17)3-6-14(20)18-13/h1-6,8-9H,7H2,(H,19,21). The van der Waals surface area contributed by atoms with E-state index in [1.54, 1.807) is 47.1 Å². The Morgan fingerprint density at radius 3 is 2.52 bits per heavy atom. The minimum absolute atomic E-state index is 0.133. The van der Waals surface area contributed by atoms with Crippen molar-refractivity contribution in [2.75, 3.05) is 5.32 Å². The number of benzene rings is 1. The van der Waals surface area contributed by atoms with Crippen molar-refractivity contribution in [3.63, 3.8) is 0 Å². The second-order valence-electron chi connectivity index (χ2n) is 4.58. The Balaban J connectivity index is 1.72. The minimum Gasteiger partial charge on any atom is -0.326 e. The van der Waals surface area contributed by atoms with Gasteiger partial charge in [0.2, 0.25) is 5.91 Å². The number of pyridine rings is 1. The Bertz CT molecular complexity index is 796. The molecule has 3 aromatic rings. The Labute approximate surface area is 131 Å². The molecule has 6 heteroatoms. The number of fused-ring (bicyclic) bond motifs is 1. The molecule has 0 saturated carbocycles. The monoisotopic (exact) mass is 319 g/mol. The van der Waals surface area contributed by atoms with Gasteiger partial charge in [-0.15, -0.1) is 0 Å². The van der Waals surface area contributed by atoms with Crippen LogP contribution in [0.25, 0.3) is 5.65 Å². The highest BCUT2D eigenvalue weighted by atomic mass is 35.5. The van der Waals surface area contributed by atoms with Crippen molar-refractivity contribution in [1.82, 2.24) is 9.38 Å². The van der Waals surface area contributed by atoms with E-state index in [4.69, 9.17) is 23.2 Å². The number of carbonyl (C=O) groups is 1. The average Bonchev–Trinajstić information content (AvgIpc) is 2.82. The zero-order valence-corrected chi connectivity index (χ0v) is 12.4. The van der Waals surface area contributed by atoms with Gasteiger partial charge in [0.25, 0.3) is 0 Å². The normalized spacial score (nSPS) is 10.8. The molecule has 0 spiro atoms. The highest BCUT2D eigenvalue weighted by Crippen LogP contribution is 2.15. The van der Waals surface area contributed by atoms with E-state index in [2.05, 4.69) is 10.3 Å². The molecule has 0 atom stereocenters. The van der Waals surface area contributed by atoms with E-state index in [9.17, 15) is 4.79 Å². The third-order valence-corrected chi connectivity index (χ3v) is 3.41. The van der Waals surface area contributed by atoms with Crippen LogP contribution in [-0.4, -0.2) is 15.3 Å². The SMILES string of the molecule is O=C(Cc1cn2cc(Cl)ccc2n1)Nc1ccc(Cl)cc1. The van der Waals surface area contributed by atoms with E-state index in [1.807, 2.05) is 6.07 Å². The maximum Gasteiger partial charge on any atom is 0.230 e. The number of imidazole rings is 1. The van der Waals surface area contributed by atoms with E-state index in [1.165, 1.54) is 0 Å². The van der Waals surface area contributed by atoms with Gasteiger partial charge >= 0.3 is 0 Å². The first kappa shape index (κ1) is 13.9. The molecule has 0 aliphatic carbocycles. The smallest absolute Gasteiger partial charge is 0.230 e. The van der Waals surface area contributed by atoms with Crippen molar-refractivity contribution in [2.24, 2.45) is 0 Å². The van der Waals surface area contributed by atoms with Gasteiger partial charge in [0.1, 0.15) is 5.65 Å². The number of hydrogen-bond acceptors (Lipinski definition) is 2. The molecule has 106 valence electrons. The number of aromatic nitrogens is 2. The summed E-state index contributed by atoms with van der Waals surface area (Å²) >= 11 is 11.7. The lowest BCUT2D eigenvalue weighted by atomic mass is 10.3. The van der Waals surface area contributed by atoms with Crippen LogP contribution in [0.15, 0.2) is 48.8 Å². The molecule has 0 radical (unpaired) electrons. The number of nitrogens with zero attached hydrogens (tertiary/aromatic N) is 2. The largest absolute Gasteiger partial charge is 0.326 e. The van der Waals surface area contributed by atoms with Gasteiger partial charge in [0, 0.05) is 23.1 Å². The van der Waals surface area contributed by atoms with Crippen molar-refractivity contribution in [2.45, 2.75) is 6.42 Å². The number of halogens is 2. The first-order valence-electron chi connectivity index (χ1n) is 6.29. The summed E-state index contributed by atoms with van der Waals surface area (Å²) < 4.78 is 1.80. The quantitative estimate of drug-likeness (QED) is 0.797. The third-order valence-electron chi connectivity index (χ3n) is 2.93. The van der Waals surface area contributed by atoms with Gasteiger partial charge in [0.05, 0.1) is 17.1 Å². The first-order chi connectivity index (χ1) is 10.1. The lowest BCUT2D eigenvalue weighted by molar-refractivity contribution is -0.115. The molecule has 4 nitrogen and oxygen atoms in total. The van der Waals surface area contributed by atoms with Crippen LogP contribution >= 0.6 is 23.2 Å². The average molecular weight is 320 g/mol. The molecule has 0 bridgehead atoms. The van der Waals surface area contributed by atoms with Gasteiger partial charge in [-0.25, -0.2) is 4.98 Å². The summed E-state index contributed by atoms with van der Waals surface area (Å²) in [6.45, 7) is 0. The van der Waals surface area contributed by atoms with Crippen LogP contribution in [0.1, 0.15) is 5.69 Å². The summed E-state index contributed by atoms with van der Waals surface area (Å²) in [6, 6.07) is 10.5. The fraction of sp³-hybridized carbons (Fsp3) is 0.0667. The molecule has 21 heavy (non-hydrogen) atoms. The zero-order valence-electron chi connectivity index (χ0n) is 10.9. The van der Waals surface area contributed by atoms with Gasteiger partial charge in [-0.1, -0.05) is 23.2 Å². The molecular formula is C15H11Cl2N3O. The van der Waals surface area contributed by atoms with Gasteiger partial charge in [-0.05, 0) is 36.4 Å². The number of hydrogen-bond donors (Lipinski definition) is 1. The zero-order chi connectivity index (χ0) is 14.8. The predicted molar refractivity (Wildman–Crippen MR) is 84.0 cm³/mol. The number of nitrogens with one attached hydrogen (secondary N) is 1. The molecule has 2 heterocycles. The van der Waals surface area contributed by atoms with E-state index >= 15 is 0 Å². The highest BCUT2D eigenvalue weighted by Gasteiger charge is 2.08. The molecule has 3 rings (SSSR count). The summed E-state index contributed by atoms with van der Waals surface area (Å²) in [5.74, 6) is -0.133. The van der Waals surface area contributed by atoms with Crippen molar-refractivity contribution in [3.05, 3.63) is 64.5 Å². The number of carbonyl (C=O) groups excluding carboxylic acids is 1. The summed E-state index contributed by atoms with van der Waals surface area (Å²) in [5.41, 5.74) is 2.15. The van der Waals surface area contributed by atoms with Crippen LogP contribution < -0.4 is 5.32 Å². The maximum atomic E-state index is 12.0. The van der Waals surface area contributed by atoms with Crippen molar-refractivity contribution >= 4 is 40.4 Å². The number of amides is 1. The molecule has 0 unspecified atom stereocenters. The van der Waals surface area contributed by atoms with E-state index in [-0.39, 0.29) is 12.3 Å². The van der Waals surface area contributed by atoms with E-state index in [0.29, 0.717) is 21.4 Å². The summed E-state index contributed by atoms with van der Waals surface area (Å²) in [5, 5.41) is 4.05. The predicted octanol–water partition coefficient (Wildman–Crippen LogP) is 3.82. The molecule has 1 N–H and O–H groups in total. The molecule has 1 amide bonds. The topological polar surface area (TPSA) is 46.4 Å². The lowest BCUT2D eigenvalue weighted by Crippen LogP contribution is -2.14. The number of anilines is 1. The molecule has 0 aliphatic heterocycles. The van der Waals surface area contributed by atoms with Crippen LogP contribution in [0.5, 0.6) is 0 Å². The Morgan fingerprint density at radius 1 is 1.05 bits per heavy atom. The molecule has 0 saturated heterocycles. The second kappa shape index (κ2) is 5.76. The Morgan fingerprint density at radius 2 is 1.76 bits per heavy atom. The Kier molecular flexibility index (Phi) is 3.82. The lowest BCUT2D eigenvalue weighted by Gasteiger charge is -2.03. The van der Waals surface area contributed by atoms with Crippen molar-refractivity contribution in [3.8, 4) is 0 Å². The summed E-state index contributed by atoms with van der Waals surface area (Å²) in [7, 11) is 0. The molecule has 0 aliphatic rings. The summed E-state index contributed by atoms with van der Waals surface area (Å²) in [4.78, 5) is 16.4. The maximum absolute atomic E-state index is 12.0. The second-order valence-corrected chi connectivity index (χ2v) is 5.45. The highest BCUT2D eigenvalue weighted by molar-refractivity contribution is 6.30. The van der Waals surface area contributed by atoms with Gasteiger partial charge < -0.3 is 9.72 Å². The van der Waals surface area contributed by atoms with Crippen LogP contribution in [0.2, 0.25) is 10.0 Å².